The number of unbranched alkanes of at least 4 members (excludes halogenated alkanes) is 1. The van der Waals surface area contributed by atoms with Crippen LogP contribution in [0.5, 0.6) is 0 Å². The summed E-state index contributed by atoms with van der Waals surface area (Å²) in [5, 5.41) is 1.36. The van der Waals surface area contributed by atoms with E-state index in [0.717, 1.165) is 12.8 Å². The molecule has 0 spiro atoms. The van der Waals surface area contributed by atoms with Gasteiger partial charge < -0.3 is 0 Å². The van der Waals surface area contributed by atoms with Crippen LogP contribution in [0.25, 0.3) is 0 Å². The van der Waals surface area contributed by atoms with Gasteiger partial charge in [-0.05, 0) is 43.4 Å². The largest absolute Gasteiger partial charge is 0.209 e. The van der Waals surface area contributed by atoms with E-state index < -0.39 is 10.3 Å². The molecule has 1 atom stereocenters. The summed E-state index contributed by atoms with van der Waals surface area (Å²) in [6, 6.07) is 0. The summed E-state index contributed by atoms with van der Waals surface area (Å²) in [6.07, 6.45) is 9.71. The van der Waals surface area contributed by atoms with Gasteiger partial charge in [0.05, 0.1) is 0 Å². The number of allylic oxidation sites excluding steroid dienone is 2. The quantitative estimate of drug-likeness (QED) is 0.421. The maximum absolute atomic E-state index is 10.3. The van der Waals surface area contributed by atoms with Gasteiger partial charge >= 0.3 is 0 Å². The third-order valence-corrected chi connectivity index (χ3v) is 3.43. The fraction of sp³-hybridized carbons (Fsp3) is 0.750. The molecule has 86 valence electrons. The molecule has 1 aliphatic rings. The lowest BCUT2D eigenvalue weighted by atomic mass is 9.75. The van der Waals surface area contributed by atoms with Gasteiger partial charge in [-0.25, -0.2) is 0 Å². The predicted molar refractivity (Wildman–Crippen MR) is 64.5 cm³/mol. The number of hydrogen-bond acceptors (Lipinski definition) is 2. The third kappa shape index (κ3) is 5.17. The second kappa shape index (κ2) is 5.50. The van der Waals surface area contributed by atoms with Crippen molar-refractivity contribution in [3.8, 4) is 0 Å². The van der Waals surface area contributed by atoms with E-state index in [2.05, 4.69) is 26.0 Å². The van der Waals surface area contributed by atoms with Crippen LogP contribution >= 0.6 is 0 Å². The van der Waals surface area contributed by atoms with Crippen molar-refractivity contribution in [2.75, 3.05) is 0 Å². The predicted octanol–water partition coefficient (Wildman–Crippen LogP) is 2.83. The highest BCUT2D eigenvalue weighted by Gasteiger charge is 2.23. The van der Waals surface area contributed by atoms with Gasteiger partial charge in [0.15, 0.2) is 0 Å². The minimum absolute atomic E-state index is 0.421. The first-order chi connectivity index (χ1) is 6.99. The van der Waals surface area contributed by atoms with Crippen LogP contribution in [0.2, 0.25) is 0 Å². The normalized spacial score (nSPS) is 23.7. The zero-order valence-corrected chi connectivity index (χ0v) is 10.4. The van der Waals surface area contributed by atoms with E-state index in [4.69, 9.17) is 0 Å². The lowest BCUT2D eigenvalue weighted by Gasteiger charge is -2.31. The van der Waals surface area contributed by atoms with Crippen LogP contribution in [0.4, 0.5) is 0 Å². The molecule has 15 heavy (non-hydrogen) atoms. The lowest BCUT2D eigenvalue weighted by Crippen LogP contribution is -2.18. The SMILES string of the molecule is CC1(C)CC=CC(CCCC=S(=O)=O)C1. The van der Waals surface area contributed by atoms with Gasteiger partial charge in [0.25, 0.3) is 0 Å². The second-order valence-corrected chi connectivity index (χ2v) is 5.97. The summed E-state index contributed by atoms with van der Waals surface area (Å²) >= 11 is 0. The first kappa shape index (κ1) is 12.5. The molecule has 1 aliphatic carbocycles. The topological polar surface area (TPSA) is 34.1 Å². The maximum Gasteiger partial charge on any atom is 0.209 e. The standard InChI is InChI=1S/C12H20O2S/c1-12(2)8-5-7-11(10-12)6-3-4-9-15(13)14/h5,7,9,11H,3-4,6,8,10H2,1-2H3. The number of rotatable bonds is 4. The molecule has 1 rings (SSSR count). The van der Waals surface area contributed by atoms with Crippen molar-refractivity contribution in [2.24, 2.45) is 11.3 Å². The second-order valence-electron chi connectivity index (χ2n) is 5.12. The summed E-state index contributed by atoms with van der Waals surface area (Å²) in [5.74, 6) is 0.641. The summed E-state index contributed by atoms with van der Waals surface area (Å²) < 4.78 is 20.6. The number of hydrogen-bond donors (Lipinski definition) is 0. The molecule has 3 heteroatoms. The Morgan fingerprint density at radius 1 is 1.47 bits per heavy atom. The molecule has 2 nitrogen and oxygen atoms in total. The van der Waals surface area contributed by atoms with E-state index in [1.807, 2.05) is 0 Å². The van der Waals surface area contributed by atoms with Crippen molar-refractivity contribution in [3.63, 3.8) is 0 Å². The van der Waals surface area contributed by atoms with Crippen LogP contribution in [-0.2, 0) is 10.3 Å². The molecule has 1 unspecified atom stereocenters. The third-order valence-electron chi connectivity index (χ3n) is 2.93. The van der Waals surface area contributed by atoms with Gasteiger partial charge in [0.2, 0.25) is 10.3 Å². The fourth-order valence-electron chi connectivity index (χ4n) is 2.20. The van der Waals surface area contributed by atoms with Gasteiger partial charge in [-0.2, -0.15) is 8.42 Å². The first-order valence-electron chi connectivity index (χ1n) is 5.58. The van der Waals surface area contributed by atoms with E-state index in [1.165, 1.54) is 18.2 Å². The minimum Gasteiger partial charge on any atom is -0.185 e. The molecular weight excluding hydrogens is 208 g/mol. The van der Waals surface area contributed by atoms with Gasteiger partial charge in [-0.15, -0.1) is 0 Å². The van der Waals surface area contributed by atoms with Crippen LogP contribution in [-0.4, -0.2) is 13.8 Å². The van der Waals surface area contributed by atoms with Gasteiger partial charge in [0.1, 0.15) is 0 Å². The van der Waals surface area contributed by atoms with Crippen LogP contribution in [0.1, 0.15) is 46.0 Å². The van der Waals surface area contributed by atoms with Crippen molar-refractivity contribution >= 4 is 15.7 Å². The summed E-state index contributed by atoms with van der Waals surface area (Å²) in [5.41, 5.74) is 0.421. The van der Waals surface area contributed by atoms with E-state index in [0.29, 0.717) is 17.8 Å². The van der Waals surface area contributed by atoms with E-state index in [-0.39, 0.29) is 0 Å². The van der Waals surface area contributed by atoms with Crippen molar-refractivity contribution in [3.05, 3.63) is 12.2 Å². The molecule has 0 heterocycles. The molecular formula is C12H20O2S. The zero-order chi connectivity index (χ0) is 11.3. The monoisotopic (exact) mass is 228 g/mol. The maximum atomic E-state index is 10.3. The van der Waals surface area contributed by atoms with Crippen molar-refractivity contribution < 1.29 is 8.42 Å². The summed E-state index contributed by atoms with van der Waals surface area (Å²) in [4.78, 5) is 0. The molecule has 0 bridgehead atoms. The van der Waals surface area contributed by atoms with Gasteiger partial charge in [-0.1, -0.05) is 26.0 Å². The van der Waals surface area contributed by atoms with E-state index in [1.54, 1.807) is 0 Å². The van der Waals surface area contributed by atoms with Crippen LogP contribution < -0.4 is 0 Å². The van der Waals surface area contributed by atoms with Crippen LogP contribution in [0.15, 0.2) is 12.2 Å². The van der Waals surface area contributed by atoms with Gasteiger partial charge in [0, 0.05) is 5.37 Å². The highest BCUT2D eigenvalue weighted by Crippen LogP contribution is 2.36. The Morgan fingerprint density at radius 2 is 2.20 bits per heavy atom. The molecule has 0 saturated carbocycles. The molecule has 0 aromatic rings. The van der Waals surface area contributed by atoms with Crippen molar-refractivity contribution in [2.45, 2.75) is 46.0 Å². The van der Waals surface area contributed by atoms with E-state index >= 15 is 0 Å². The van der Waals surface area contributed by atoms with Crippen LogP contribution in [0.3, 0.4) is 0 Å². The highest BCUT2D eigenvalue weighted by atomic mass is 32.2. The van der Waals surface area contributed by atoms with Crippen molar-refractivity contribution in [1.82, 2.24) is 0 Å². The first-order valence-corrected chi connectivity index (χ1v) is 6.71. The Morgan fingerprint density at radius 3 is 2.80 bits per heavy atom. The average Bonchev–Trinajstić information content (AvgIpc) is 2.10. The molecule has 0 aliphatic heterocycles. The molecule has 0 aromatic heterocycles. The molecule has 0 radical (unpaired) electrons. The Kier molecular flexibility index (Phi) is 4.58. The zero-order valence-electron chi connectivity index (χ0n) is 9.57. The smallest absolute Gasteiger partial charge is 0.185 e. The van der Waals surface area contributed by atoms with E-state index in [9.17, 15) is 8.42 Å². The Labute approximate surface area is 93.9 Å². The van der Waals surface area contributed by atoms with Crippen molar-refractivity contribution in [1.29, 1.82) is 0 Å². The Balaban J connectivity index is 2.31. The average molecular weight is 228 g/mol. The summed E-state index contributed by atoms with van der Waals surface area (Å²) in [6.45, 7) is 4.59. The molecule has 0 amide bonds. The Bertz CT molecular complexity index is 342. The minimum atomic E-state index is -1.98. The fourth-order valence-corrected chi connectivity index (χ4v) is 2.56. The highest BCUT2D eigenvalue weighted by molar-refractivity contribution is 7.71. The molecule has 0 saturated heterocycles. The Hall–Kier alpha value is -0.570. The lowest BCUT2D eigenvalue weighted by molar-refractivity contribution is 0.270. The molecule has 0 aromatic carbocycles. The van der Waals surface area contributed by atoms with Gasteiger partial charge in [-0.3, -0.25) is 0 Å². The van der Waals surface area contributed by atoms with Crippen LogP contribution in [0, 0.1) is 11.3 Å². The molecule has 0 N–H and O–H groups in total. The summed E-state index contributed by atoms with van der Waals surface area (Å²) in [7, 11) is -1.98. The molecule has 0 fully saturated rings.